The van der Waals surface area contributed by atoms with Crippen molar-refractivity contribution in [1.82, 2.24) is 4.98 Å². The number of aromatic nitrogens is 1. The van der Waals surface area contributed by atoms with Crippen LogP contribution in [0.2, 0.25) is 0 Å². The molecule has 0 aliphatic carbocycles. The Morgan fingerprint density at radius 2 is 2.12 bits per heavy atom. The standard InChI is InChI=1S/C19H22N4O3/c1-11(2)17-19(25)23(18-14(26-17)7-8-15(20)22-18)10-16(24)21-13-6-4-5-12(3)9-13/h4-9,11,17H,10H2,1-3H3,(H2,20,22)(H,21,24). The van der Waals surface area contributed by atoms with E-state index in [-0.39, 0.29) is 35.9 Å². The van der Waals surface area contributed by atoms with Crippen molar-refractivity contribution in [3.05, 3.63) is 42.0 Å². The van der Waals surface area contributed by atoms with Gasteiger partial charge in [0, 0.05) is 5.69 Å². The fourth-order valence-electron chi connectivity index (χ4n) is 2.82. The number of nitrogens with one attached hydrogen (secondary N) is 1. The maximum Gasteiger partial charge on any atom is 0.270 e. The second kappa shape index (κ2) is 7.03. The number of anilines is 3. The number of nitrogens with zero attached hydrogens (tertiary/aromatic N) is 2. The predicted octanol–water partition coefficient (Wildman–Crippen LogP) is 2.36. The molecule has 0 radical (unpaired) electrons. The van der Waals surface area contributed by atoms with E-state index in [0.29, 0.717) is 11.4 Å². The molecule has 1 unspecified atom stereocenters. The number of rotatable bonds is 4. The Hall–Kier alpha value is -3.09. The molecule has 0 spiro atoms. The van der Waals surface area contributed by atoms with Crippen molar-refractivity contribution in [3.8, 4) is 5.75 Å². The highest BCUT2D eigenvalue weighted by atomic mass is 16.5. The van der Waals surface area contributed by atoms with Gasteiger partial charge in [-0.1, -0.05) is 26.0 Å². The van der Waals surface area contributed by atoms with E-state index < -0.39 is 6.10 Å². The van der Waals surface area contributed by atoms with E-state index in [2.05, 4.69) is 10.3 Å². The van der Waals surface area contributed by atoms with Crippen LogP contribution in [0, 0.1) is 12.8 Å². The van der Waals surface area contributed by atoms with E-state index >= 15 is 0 Å². The number of nitrogens with two attached hydrogens (primary N) is 1. The molecule has 3 N–H and O–H groups in total. The Morgan fingerprint density at radius 3 is 2.81 bits per heavy atom. The molecule has 2 heterocycles. The molecule has 1 aliphatic rings. The molecule has 0 fully saturated rings. The minimum atomic E-state index is -0.667. The van der Waals surface area contributed by atoms with E-state index in [4.69, 9.17) is 10.5 Å². The fourth-order valence-corrected chi connectivity index (χ4v) is 2.82. The number of aryl methyl sites for hydroxylation is 1. The third-order valence-corrected chi connectivity index (χ3v) is 4.09. The molecule has 7 nitrogen and oxygen atoms in total. The fraction of sp³-hybridized carbons (Fsp3) is 0.316. The first-order valence-electron chi connectivity index (χ1n) is 8.46. The summed E-state index contributed by atoms with van der Waals surface area (Å²) in [5.74, 6) is 0.309. The normalized spacial score (nSPS) is 16.2. The number of hydrogen-bond acceptors (Lipinski definition) is 5. The quantitative estimate of drug-likeness (QED) is 0.878. The summed E-state index contributed by atoms with van der Waals surface area (Å²) < 4.78 is 5.77. The van der Waals surface area contributed by atoms with Crippen molar-refractivity contribution >= 4 is 29.1 Å². The lowest BCUT2D eigenvalue weighted by Gasteiger charge is -2.34. The van der Waals surface area contributed by atoms with Gasteiger partial charge in [-0.25, -0.2) is 4.98 Å². The molecule has 7 heteroatoms. The summed E-state index contributed by atoms with van der Waals surface area (Å²) in [5.41, 5.74) is 7.46. The minimum Gasteiger partial charge on any atom is -0.476 e. The van der Waals surface area contributed by atoms with Gasteiger partial charge in [-0.05, 0) is 42.7 Å². The van der Waals surface area contributed by atoms with Crippen molar-refractivity contribution in [2.24, 2.45) is 5.92 Å². The van der Waals surface area contributed by atoms with Crippen molar-refractivity contribution in [3.63, 3.8) is 0 Å². The summed E-state index contributed by atoms with van der Waals surface area (Å²) in [4.78, 5) is 30.9. The minimum absolute atomic E-state index is 0.0458. The van der Waals surface area contributed by atoms with Crippen molar-refractivity contribution in [1.29, 1.82) is 0 Å². The van der Waals surface area contributed by atoms with Gasteiger partial charge in [-0.15, -0.1) is 0 Å². The molecule has 1 aromatic carbocycles. The lowest BCUT2D eigenvalue weighted by atomic mass is 10.0. The molecule has 1 atom stereocenters. The number of nitrogen functional groups attached to an aromatic ring is 1. The van der Waals surface area contributed by atoms with Crippen LogP contribution in [0.15, 0.2) is 36.4 Å². The molecule has 136 valence electrons. The highest BCUT2D eigenvalue weighted by Crippen LogP contribution is 2.34. The zero-order chi connectivity index (χ0) is 18.8. The van der Waals surface area contributed by atoms with Crippen LogP contribution >= 0.6 is 0 Å². The Bertz CT molecular complexity index is 850. The molecular weight excluding hydrogens is 332 g/mol. The van der Waals surface area contributed by atoms with Gasteiger partial charge in [0.25, 0.3) is 5.91 Å². The van der Waals surface area contributed by atoms with E-state index in [0.717, 1.165) is 5.56 Å². The van der Waals surface area contributed by atoms with Gasteiger partial charge in [-0.3, -0.25) is 14.5 Å². The number of benzene rings is 1. The summed E-state index contributed by atoms with van der Waals surface area (Å²) in [5, 5.41) is 2.81. The van der Waals surface area contributed by atoms with Crippen molar-refractivity contribution in [2.75, 3.05) is 22.5 Å². The first kappa shape index (κ1) is 17.7. The van der Waals surface area contributed by atoms with Crippen LogP contribution in [0.25, 0.3) is 0 Å². The molecule has 1 aliphatic heterocycles. The molecular formula is C19H22N4O3. The topological polar surface area (TPSA) is 97.5 Å². The summed E-state index contributed by atoms with van der Waals surface area (Å²) in [6.07, 6.45) is -0.667. The SMILES string of the molecule is Cc1cccc(NC(=O)CN2C(=O)C(C(C)C)Oc3ccc(N)nc32)c1. The third kappa shape index (κ3) is 3.61. The zero-order valence-electron chi connectivity index (χ0n) is 15.0. The van der Waals surface area contributed by atoms with E-state index in [1.54, 1.807) is 18.2 Å². The largest absolute Gasteiger partial charge is 0.476 e. The van der Waals surface area contributed by atoms with Crippen LogP contribution < -0.4 is 20.7 Å². The van der Waals surface area contributed by atoms with Crippen molar-refractivity contribution in [2.45, 2.75) is 26.9 Å². The van der Waals surface area contributed by atoms with Crippen molar-refractivity contribution < 1.29 is 14.3 Å². The highest BCUT2D eigenvalue weighted by molar-refractivity contribution is 6.05. The van der Waals surface area contributed by atoms with Gasteiger partial charge in [0.15, 0.2) is 17.7 Å². The highest BCUT2D eigenvalue weighted by Gasteiger charge is 2.38. The van der Waals surface area contributed by atoms with E-state index in [1.807, 2.05) is 39.0 Å². The van der Waals surface area contributed by atoms with Gasteiger partial charge < -0.3 is 15.8 Å². The number of ether oxygens (including phenoxy) is 1. The van der Waals surface area contributed by atoms with Gasteiger partial charge in [0.2, 0.25) is 5.91 Å². The third-order valence-electron chi connectivity index (χ3n) is 4.09. The Labute approximate surface area is 152 Å². The number of fused-ring (bicyclic) bond motifs is 1. The lowest BCUT2D eigenvalue weighted by Crippen LogP contribution is -2.51. The average molecular weight is 354 g/mol. The van der Waals surface area contributed by atoms with Crippen LogP contribution in [0.1, 0.15) is 19.4 Å². The maximum atomic E-state index is 12.8. The summed E-state index contributed by atoms with van der Waals surface area (Å²) in [7, 11) is 0. The molecule has 3 rings (SSSR count). The smallest absolute Gasteiger partial charge is 0.270 e. The monoisotopic (exact) mass is 354 g/mol. The van der Waals surface area contributed by atoms with E-state index in [1.165, 1.54) is 4.90 Å². The Balaban J connectivity index is 1.85. The second-order valence-electron chi connectivity index (χ2n) is 6.68. The molecule has 0 saturated heterocycles. The Kier molecular flexibility index (Phi) is 4.79. The van der Waals surface area contributed by atoms with Gasteiger partial charge in [-0.2, -0.15) is 0 Å². The van der Waals surface area contributed by atoms with Gasteiger partial charge in [0.1, 0.15) is 12.4 Å². The first-order chi connectivity index (χ1) is 12.3. The number of pyridine rings is 1. The zero-order valence-corrected chi connectivity index (χ0v) is 15.0. The summed E-state index contributed by atoms with van der Waals surface area (Å²) in [6, 6.07) is 10.7. The maximum absolute atomic E-state index is 12.8. The van der Waals surface area contributed by atoms with Gasteiger partial charge >= 0.3 is 0 Å². The van der Waals surface area contributed by atoms with Crippen LogP contribution in [0.4, 0.5) is 17.3 Å². The average Bonchev–Trinajstić information content (AvgIpc) is 2.57. The van der Waals surface area contributed by atoms with Crippen LogP contribution in [0.5, 0.6) is 5.75 Å². The number of amides is 2. The second-order valence-corrected chi connectivity index (χ2v) is 6.68. The summed E-state index contributed by atoms with van der Waals surface area (Å²) in [6.45, 7) is 5.56. The first-order valence-corrected chi connectivity index (χ1v) is 8.46. The predicted molar refractivity (Wildman–Crippen MR) is 100 cm³/mol. The van der Waals surface area contributed by atoms with Crippen LogP contribution in [0.3, 0.4) is 0 Å². The van der Waals surface area contributed by atoms with E-state index in [9.17, 15) is 9.59 Å². The molecule has 1 aromatic heterocycles. The number of carbonyl (C=O) groups excluding carboxylic acids is 2. The Morgan fingerprint density at radius 1 is 1.35 bits per heavy atom. The number of carbonyl (C=O) groups is 2. The molecule has 0 bridgehead atoms. The lowest BCUT2D eigenvalue weighted by molar-refractivity contribution is -0.129. The molecule has 0 saturated carbocycles. The summed E-state index contributed by atoms with van der Waals surface area (Å²) >= 11 is 0. The molecule has 2 aromatic rings. The molecule has 2 amide bonds. The number of hydrogen-bond donors (Lipinski definition) is 2. The van der Waals surface area contributed by atoms with Crippen LogP contribution in [-0.4, -0.2) is 29.4 Å². The van der Waals surface area contributed by atoms with Gasteiger partial charge in [0.05, 0.1) is 0 Å². The van der Waals surface area contributed by atoms with Crippen LogP contribution in [-0.2, 0) is 9.59 Å². The molecule has 26 heavy (non-hydrogen) atoms.